The molecule has 4 heterocycles. The number of anilines is 1. The lowest BCUT2D eigenvalue weighted by molar-refractivity contribution is -0.137. The van der Waals surface area contributed by atoms with Crippen LogP contribution in [0.2, 0.25) is 0 Å². The standard InChI is InChI=1S/C26H31BF4N4O4/c1-14-7-16(9-17(8-14)26(29,30)31)21-15(2)35(23(36)37-21)13-20-19(27-38-24(3,4)25(5,6)39-27)10-32-22(33-20)34-11-18(28)12-34/h7-10,15,18,21H,11-13H2,1-6H3/t15-,21-/m0/s1. The van der Waals surface area contributed by atoms with E-state index in [0.29, 0.717) is 22.7 Å². The van der Waals surface area contributed by atoms with Gasteiger partial charge in [-0.3, -0.25) is 4.90 Å². The van der Waals surface area contributed by atoms with E-state index in [-0.39, 0.29) is 25.2 Å². The fraction of sp³-hybridized carbons (Fsp3) is 0.577. The molecule has 0 radical (unpaired) electrons. The summed E-state index contributed by atoms with van der Waals surface area (Å²) in [7, 11) is -0.819. The van der Waals surface area contributed by atoms with Crippen molar-refractivity contribution in [2.45, 2.75) is 83.8 Å². The number of aryl methyl sites for hydroxylation is 1. The highest BCUT2D eigenvalue weighted by atomic mass is 19.4. The minimum Gasteiger partial charge on any atom is -0.439 e. The van der Waals surface area contributed by atoms with Crippen LogP contribution in [-0.2, 0) is 26.8 Å². The molecule has 0 spiro atoms. The van der Waals surface area contributed by atoms with Gasteiger partial charge in [-0.05, 0) is 59.2 Å². The molecule has 3 aliphatic heterocycles. The van der Waals surface area contributed by atoms with Gasteiger partial charge in [-0.1, -0.05) is 11.6 Å². The molecule has 1 aromatic heterocycles. The van der Waals surface area contributed by atoms with Gasteiger partial charge in [-0.15, -0.1) is 0 Å². The molecule has 5 rings (SSSR count). The summed E-state index contributed by atoms with van der Waals surface area (Å²) in [5.41, 5.74) is -0.486. The molecule has 3 aliphatic rings. The third-order valence-corrected chi connectivity index (χ3v) is 7.98. The topological polar surface area (TPSA) is 77.0 Å². The van der Waals surface area contributed by atoms with Gasteiger partial charge in [0, 0.05) is 11.7 Å². The SMILES string of the molecule is Cc1cc([C@H]2OC(=O)N(Cc3nc(N4CC(F)C4)ncc3B3OC(C)(C)C(C)(C)O3)[C@H]2C)cc(C(F)(F)F)c1. The number of halogens is 4. The van der Waals surface area contributed by atoms with E-state index in [9.17, 15) is 22.4 Å². The van der Waals surface area contributed by atoms with Crippen molar-refractivity contribution in [2.75, 3.05) is 18.0 Å². The van der Waals surface area contributed by atoms with Crippen molar-refractivity contribution in [3.8, 4) is 0 Å². The molecule has 1 amide bonds. The van der Waals surface area contributed by atoms with Crippen molar-refractivity contribution in [1.82, 2.24) is 14.9 Å². The molecule has 210 valence electrons. The molecule has 0 bridgehead atoms. The predicted octanol–water partition coefficient (Wildman–Crippen LogP) is 4.34. The molecular formula is C26H31BF4N4O4. The number of hydrogen-bond donors (Lipinski definition) is 0. The van der Waals surface area contributed by atoms with Crippen LogP contribution >= 0.6 is 0 Å². The molecule has 0 N–H and O–H groups in total. The third kappa shape index (κ3) is 5.06. The Balaban J connectivity index is 1.46. The summed E-state index contributed by atoms with van der Waals surface area (Å²) in [5.74, 6) is 0.310. The van der Waals surface area contributed by atoms with Crippen LogP contribution in [0.5, 0.6) is 0 Å². The zero-order valence-electron chi connectivity index (χ0n) is 22.7. The first-order chi connectivity index (χ1) is 18.1. The van der Waals surface area contributed by atoms with Gasteiger partial charge in [0.05, 0.1) is 48.1 Å². The van der Waals surface area contributed by atoms with Crippen molar-refractivity contribution in [3.63, 3.8) is 0 Å². The van der Waals surface area contributed by atoms with E-state index in [1.807, 2.05) is 27.7 Å². The Morgan fingerprint density at radius 1 is 1.10 bits per heavy atom. The molecule has 1 aromatic carbocycles. The van der Waals surface area contributed by atoms with E-state index in [1.165, 1.54) is 4.90 Å². The minimum atomic E-state index is -4.53. The zero-order valence-corrected chi connectivity index (χ0v) is 22.7. The number of carbonyl (C=O) groups is 1. The average molecular weight is 550 g/mol. The number of hydrogen-bond acceptors (Lipinski definition) is 7. The van der Waals surface area contributed by atoms with E-state index in [1.54, 1.807) is 31.0 Å². The van der Waals surface area contributed by atoms with E-state index >= 15 is 0 Å². The van der Waals surface area contributed by atoms with Gasteiger partial charge in [0.15, 0.2) is 0 Å². The van der Waals surface area contributed by atoms with Crippen molar-refractivity contribution in [2.24, 2.45) is 0 Å². The highest BCUT2D eigenvalue weighted by molar-refractivity contribution is 6.62. The number of carbonyl (C=O) groups excluding carboxylic acids is 1. The van der Waals surface area contributed by atoms with Gasteiger partial charge in [0.2, 0.25) is 5.95 Å². The summed E-state index contributed by atoms with van der Waals surface area (Å²) in [6.45, 7) is 11.2. The smallest absolute Gasteiger partial charge is 0.439 e. The maximum absolute atomic E-state index is 13.5. The number of nitrogens with zero attached hydrogens (tertiary/aromatic N) is 4. The first kappa shape index (κ1) is 27.6. The maximum atomic E-state index is 13.5. The van der Waals surface area contributed by atoms with Crippen LogP contribution in [0.25, 0.3) is 0 Å². The predicted molar refractivity (Wildman–Crippen MR) is 135 cm³/mol. The van der Waals surface area contributed by atoms with Crippen molar-refractivity contribution in [1.29, 1.82) is 0 Å². The lowest BCUT2D eigenvalue weighted by Crippen LogP contribution is -2.50. The molecule has 2 atom stereocenters. The molecule has 3 fully saturated rings. The van der Waals surface area contributed by atoms with E-state index < -0.39 is 54.5 Å². The largest absolute Gasteiger partial charge is 0.498 e. The second-order valence-electron chi connectivity index (χ2n) is 11.5. The number of alkyl halides is 4. The lowest BCUT2D eigenvalue weighted by Gasteiger charge is -2.34. The maximum Gasteiger partial charge on any atom is 0.498 e. The van der Waals surface area contributed by atoms with E-state index in [0.717, 1.165) is 12.1 Å². The number of rotatable bonds is 5. The highest BCUT2D eigenvalue weighted by Gasteiger charge is 2.53. The monoisotopic (exact) mass is 550 g/mol. The third-order valence-electron chi connectivity index (χ3n) is 7.98. The Labute approximate surface area is 224 Å². The van der Waals surface area contributed by atoms with E-state index in [2.05, 4.69) is 9.97 Å². The van der Waals surface area contributed by atoms with Crippen LogP contribution in [-0.4, -0.2) is 64.6 Å². The first-order valence-corrected chi connectivity index (χ1v) is 12.8. The number of benzene rings is 1. The van der Waals surface area contributed by atoms with Crippen LogP contribution in [0.4, 0.5) is 28.3 Å². The lowest BCUT2D eigenvalue weighted by atomic mass is 9.78. The minimum absolute atomic E-state index is 0.0315. The fourth-order valence-electron chi connectivity index (χ4n) is 4.91. The van der Waals surface area contributed by atoms with Crippen molar-refractivity contribution in [3.05, 3.63) is 46.8 Å². The number of aromatic nitrogens is 2. The Hall–Kier alpha value is -2.93. The average Bonchev–Trinajstić information content (AvgIpc) is 3.20. The number of amides is 1. The number of ether oxygens (including phenoxy) is 1. The number of cyclic esters (lactones) is 1. The first-order valence-electron chi connectivity index (χ1n) is 12.8. The summed E-state index contributed by atoms with van der Waals surface area (Å²) in [6.07, 6.45) is -5.54. The van der Waals surface area contributed by atoms with Crippen LogP contribution in [0.3, 0.4) is 0 Å². The Morgan fingerprint density at radius 2 is 1.74 bits per heavy atom. The molecule has 13 heteroatoms. The summed E-state index contributed by atoms with van der Waals surface area (Å²) in [6, 6.07) is 3.05. The van der Waals surface area contributed by atoms with Gasteiger partial charge in [0.25, 0.3) is 0 Å². The van der Waals surface area contributed by atoms with Gasteiger partial charge >= 0.3 is 19.4 Å². The van der Waals surface area contributed by atoms with E-state index in [4.69, 9.17) is 14.0 Å². The highest BCUT2D eigenvalue weighted by Crippen LogP contribution is 2.39. The normalized spacial score (nSPS) is 24.8. The molecular weight excluding hydrogens is 519 g/mol. The van der Waals surface area contributed by atoms with Gasteiger partial charge in [-0.25, -0.2) is 19.2 Å². The second kappa shape index (κ2) is 9.33. The van der Waals surface area contributed by atoms with Gasteiger partial charge < -0.3 is 18.9 Å². The summed E-state index contributed by atoms with van der Waals surface area (Å²) < 4.78 is 71.9. The molecule has 39 heavy (non-hydrogen) atoms. The fourth-order valence-corrected chi connectivity index (χ4v) is 4.91. The summed E-state index contributed by atoms with van der Waals surface area (Å²) in [4.78, 5) is 25.2. The quantitative estimate of drug-likeness (QED) is 0.405. The van der Waals surface area contributed by atoms with Crippen LogP contribution in [0.1, 0.15) is 63.1 Å². The van der Waals surface area contributed by atoms with Crippen molar-refractivity contribution < 1.29 is 36.4 Å². The summed E-state index contributed by atoms with van der Waals surface area (Å²) in [5, 5.41) is 0. The van der Waals surface area contributed by atoms with Gasteiger partial charge in [0.1, 0.15) is 12.3 Å². The molecule has 8 nitrogen and oxygen atoms in total. The van der Waals surface area contributed by atoms with Crippen LogP contribution in [0.15, 0.2) is 24.4 Å². The molecule has 0 saturated carbocycles. The Morgan fingerprint density at radius 3 is 2.33 bits per heavy atom. The van der Waals surface area contributed by atoms with Gasteiger partial charge in [-0.2, -0.15) is 13.2 Å². The Bertz CT molecular complexity index is 1270. The second-order valence-corrected chi connectivity index (χ2v) is 11.5. The molecule has 0 aliphatic carbocycles. The molecule has 0 unspecified atom stereocenters. The van der Waals surface area contributed by atoms with Crippen LogP contribution < -0.4 is 10.4 Å². The molecule has 3 saturated heterocycles. The zero-order chi connectivity index (χ0) is 28.5. The van der Waals surface area contributed by atoms with Crippen LogP contribution in [0, 0.1) is 6.92 Å². The van der Waals surface area contributed by atoms with Crippen molar-refractivity contribution >= 4 is 24.6 Å². The summed E-state index contributed by atoms with van der Waals surface area (Å²) >= 11 is 0. The Kier molecular flexibility index (Phi) is 6.61. The molecule has 2 aromatic rings.